The first-order valence-corrected chi connectivity index (χ1v) is 8.39. The van der Waals surface area contributed by atoms with E-state index < -0.39 is 6.61 Å². The Morgan fingerprint density at radius 2 is 1.92 bits per heavy atom. The van der Waals surface area contributed by atoms with Crippen molar-refractivity contribution >= 4 is 29.9 Å². The van der Waals surface area contributed by atoms with E-state index in [1.165, 1.54) is 0 Å². The third-order valence-electron chi connectivity index (χ3n) is 4.08. The van der Waals surface area contributed by atoms with Crippen molar-refractivity contribution in [2.45, 2.75) is 46.4 Å². The largest absolute Gasteiger partial charge is 0.434 e. The van der Waals surface area contributed by atoms with Crippen LogP contribution >= 0.6 is 24.0 Å². The molecule has 1 aromatic rings. The lowest BCUT2D eigenvalue weighted by molar-refractivity contribution is -0.0504. The number of aliphatic imine (C=N–C) groups is 1. The molecule has 0 radical (unpaired) electrons. The molecule has 0 fully saturated rings. The molecule has 8 heteroatoms. The van der Waals surface area contributed by atoms with E-state index in [0.717, 1.165) is 5.56 Å². The number of likely N-dealkylation sites (N-methyl/N-ethyl adjacent to an activating group) is 1. The number of guanidine groups is 1. The van der Waals surface area contributed by atoms with Gasteiger partial charge in [-0.15, -0.1) is 24.0 Å². The highest BCUT2D eigenvalue weighted by atomic mass is 127. The van der Waals surface area contributed by atoms with E-state index in [4.69, 9.17) is 0 Å². The standard InChI is InChI=1S/C18H30F2N4O.HI/c1-7-21-17(23-12-18(3,4)24(5)6)22-11-14-10-13(2)8-9-15(14)25-16(19)20;/h8-10,16H,7,11-12H2,1-6H3,(H2,21,22,23);1H. The molecule has 0 spiro atoms. The molecule has 0 unspecified atom stereocenters. The van der Waals surface area contributed by atoms with Crippen molar-refractivity contribution in [2.24, 2.45) is 4.99 Å². The topological polar surface area (TPSA) is 48.9 Å². The van der Waals surface area contributed by atoms with Gasteiger partial charge in [0.25, 0.3) is 0 Å². The molecule has 0 aliphatic carbocycles. The molecule has 1 rings (SSSR count). The van der Waals surface area contributed by atoms with Crippen molar-refractivity contribution in [1.82, 2.24) is 15.5 Å². The Bertz CT molecular complexity index is 580. The number of benzene rings is 1. The predicted molar refractivity (Wildman–Crippen MR) is 114 cm³/mol. The van der Waals surface area contributed by atoms with Crippen molar-refractivity contribution in [3.63, 3.8) is 0 Å². The van der Waals surface area contributed by atoms with Crippen LogP contribution < -0.4 is 15.4 Å². The molecule has 0 saturated heterocycles. The maximum Gasteiger partial charge on any atom is 0.387 e. The van der Waals surface area contributed by atoms with Crippen LogP contribution in [0.1, 0.15) is 31.9 Å². The van der Waals surface area contributed by atoms with E-state index in [0.29, 0.717) is 24.6 Å². The van der Waals surface area contributed by atoms with E-state index in [9.17, 15) is 8.78 Å². The minimum absolute atomic E-state index is 0. The van der Waals surface area contributed by atoms with E-state index >= 15 is 0 Å². The van der Waals surface area contributed by atoms with Crippen LogP contribution in [0.15, 0.2) is 23.2 Å². The fourth-order valence-corrected chi connectivity index (χ4v) is 2.01. The van der Waals surface area contributed by atoms with Gasteiger partial charge in [0.15, 0.2) is 5.96 Å². The van der Waals surface area contributed by atoms with Gasteiger partial charge in [-0.05, 0) is 47.9 Å². The molecule has 1 aromatic carbocycles. The van der Waals surface area contributed by atoms with Crippen molar-refractivity contribution in [3.8, 4) is 5.75 Å². The van der Waals surface area contributed by atoms with Crippen LogP contribution in [0.2, 0.25) is 0 Å². The van der Waals surface area contributed by atoms with Crippen LogP contribution in [0, 0.1) is 6.92 Å². The van der Waals surface area contributed by atoms with Crippen LogP contribution in [0.25, 0.3) is 0 Å². The Hall–Kier alpha value is -1.16. The zero-order valence-electron chi connectivity index (χ0n) is 16.4. The van der Waals surface area contributed by atoms with Crippen molar-refractivity contribution in [3.05, 3.63) is 29.3 Å². The second kappa shape index (κ2) is 11.5. The Balaban J connectivity index is 0.00000625. The number of nitrogens with one attached hydrogen (secondary N) is 2. The summed E-state index contributed by atoms with van der Waals surface area (Å²) in [5, 5.41) is 6.47. The molecule has 0 heterocycles. The lowest BCUT2D eigenvalue weighted by Crippen LogP contribution is -2.50. The van der Waals surface area contributed by atoms with Crippen LogP contribution in [0.4, 0.5) is 8.78 Å². The van der Waals surface area contributed by atoms with E-state index in [1.54, 1.807) is 12.1 Å². The summed E-state index contributed by atoms with van der Waals surface area (Å²) in [5.41, 5.74) is 1.55. The summed E-state index contributed by atoms with van der Waals surface area (Å²) in [6, 6.07) is 5.12. The van der Waals surface area contributed by atoms with Gasteiger partial charge in [-0.25, -0.2) is 4.99 Å². The van der Waals surface area contributed by atoms with Crippen molar-refractivity contribution in [1.29, 1.82) is 0 Å². The fourth-order valence-electron chi connectivity index (χ4n) is 2.01. The SMILES string of the molecule is CCNC(=NCc1cc(C)ccc1OC(F)F)NCC(C)(C)N(C)C.I. The van der Waals surface area contributed by atoms with Gasteiger partial charge in [0.05, 0.1) is 6.54 Å². The summed E-state index contributed by atoms with van der Waals surface area (Å²) in [7, 11) is 4.04. The lowest BCUT2D eigenvalue weighted by atomic mass is 10.0. The molecule has 0 amide bonds. The summed E-state index contributed by atoms with van der Waals surface area (Å²) < 4.78 is 29.7. The molecule has 2 N–H and O–H groups in total. The summed E-state index contributed by atoms with van der Waals surface area (Å²) >= 11 is 0. The molecule has 0 aliphatic rings. The first kappa shape index (κ1) is 24.8. The number of hydrogen-bond acceptors (Lipinski definition) is 3. The van der Waals surface area contributed by atoms with Gasteiger partial charge >= 0.3 is 6.61 Å². The number of aryl methyl sites for hydroxylation is 1. The monoisotopic (exact) mass is 484 g/mol. The number of ether oxygens (including phenoxy) is 1. The number of alkyl halides is 2. The lowest BCUT2D eigenvalue weighted by Gasteiger charge is -2.33. The number of nitrogens with zero attached hydrogens (tertiary/aromatic N) is 2. The first-order chi connectivity index (χ1) is 11.7. The highest BCUT2D eigenvalue weighted by molar-refractivity contribution is 14.0. The molecule has 0 aliphatic heterocycles. The fraction of sp³-hybridized carbons (Fsp3) is 0.611. The average molecular weight is 484 g/mol. The summed E-state index contributed by atoms with van der Waals surface area (Å²) in [6.07, 6.45) is 0. The Morgan fingerprint density at radius 3 is 2.46 bits per heavy atom. The van der Waals surface area contributed by atoms with Gasteiger partial charge in [0, 0.05) is 24.2 Å². The van der Waals surface area contributed by atoms with Gasteiger partial charge in [0.1, 0.15) is 5.75 Å². The minimum Gasteiger partial charge on any atom is -0.434 e. The molecule has 0 saturated carbocycles. The van der Waals surface area contributed by atoms with E-state index in [-0.39, 0.29) is 41.8 Å². The predicted octanol–water partition coefficient (Wildman–Crippen LogP) is 3.61. The maximum absolute atomic E-state index is 12.6. The second-order valence-electron chi connectivity index (χ2n) is 6.75. The van der Waals surface area contributed by atoms with E-state index in [1.807, 2.05) is 34.0 Å². The second-order valence-corrected chi connectivity index (χ2v) is 6.75. The first-order valence-electron chi connectivity index (χ1n) is 8.39. The average Bonchev–Trinajstić information content (AvgIpc) is 2.51. The van der Waals surface area contributed by atoms with Gasteiger partial charge < -0.3 is 20.3 Å². The molecule has 5 nitrogen and oxygen atoms in total. The Kier molecular flexibility index (Phi) is 11.0. The molecular formula is C18H31F2IN4O. The van der Waals surface area contributed by atoms with Crippen LogP contribution in [-0.4, -0.2) is 50.2 Å². The molecule has 150 valence electrons. The minimum atomic E-state index is -2.85. The normalized spacial score (nSPS) is 12.2. The van der Waals surface area contributed by atoms with Gasteiger partial charge in [-0.1, -0.05) is 17.7 Å². The van der Waals surface area contributed by atoms with Crippen molar-refractivity contribution in [2.75, 3.05) is 27.2 Å². The van der Waals surface area contributed by atoms with Gasteiger partial charge in [-0.3, -0.25) is 0 Å². The quantitative estimate of drug-likeness (QED) is 0.337. The highest BCUT2D eigenvalue weighted by Crippen LogP contribution is 2.22. The molecule has 0 atom stereocenters. The van der Waals surface area contributed by atoms with Crippen LogP contribution in [-0.2, 0) is 6.54 Å². The Labute approximate surface area is 172 Å². The molecular weight excluding hydrogens is 453 g/mol. The van der Waals surface area contributed by atoms with Crippen LogP contribution in [0.5, 0.6) is 5.75 Å². The summed E-state index contributed by atoms with van der Waals surface area (Å²) in [5.74, 6) is 0.802. The number of hydrogen-bond donors (Lipinski definition) is 2. The third-order valence-corrected chi connectivity index (χ3v) is 4.08. The molecule has 0 bridgehead atoms. The Morgan fingerprint density at radius 1 is 1.27 bits per heavy atom. The van der Waals surface area contributed by atoms with E-state index in [2.05, 4.69) is 39.1 Å². The molecule has 0 aromatic heterocycles. The van der Waals surface area contributed by atoms with Gasteiger partial charge in [-0.2, -0.15) is 8.78 Å². The zero-order valence-corrected chi connectivity index (χ0v) is 18.7. The third kappa shape index (κ3) is 8.48. The zero-order chi connectivity index (χ0) is 19.0. The molecule has 26 heavy (non-hydrogen) atoms. The smallest absolute Gasteiger partial charge is 0.387 e. The summed E-state index contributed by atoms with van der Waals surface area (Å²) in [6.45, 7) is 6.94. The maximum atomic E-state index is 12.6. The highest BCUT2D eigenvalue weighted by Gasteiger charge is 2.20. The number of halogens is 3. The number of rotatable bonds is 8. The van der Waals surface area contributed by atoms with Gasteiger partial charge in [0.2, 0.25) is 0 Å². The van der Waals surface area contributed by atoms with Crippen LogP contribution in [0.3, 0.4) is 0 Å². The van der Waals surface area contributed by atoms with Crippen molar-refractivity contribution < 1.29 is 13.5 Å². The summed E-state index contributed by atoms with van der Waals surface area (Å²) in [4.78, 5) is 6.63.